The maximum atomic E-state index is 11.8. The molecule has 0 atom stereocenters. The number of hydrogen-bond acceptors (Lipinski definition) is 2. The van der Waals surface area contributed by atoms with Gasteiger partial charge in [-0.3, -0.25) is 4.79 Å². The zero-order valence-corrected chi connectivity index (χ0v) is 13.9. The number of urea groups is 1. The highest BCUT2D eigenvalue weighted by Gasteiger charge is 2.14. The molecule has 0 unspecified atom stereocenters. The van der Waals surface area contributed by atoms with Gasteiger partial charge < -0.3 is 16.0 Å². The highest BCUT2D eigenvalue weighted by Crippen LogP contribution is 2.28. The maximum Gasteiger partial charge on any atom is 0.315 e. The molecule has 1 aromatic rings. The SMILES string of the molecule is CC(=O)Nc1cccc(CNC(=O)NCCCC2CCCC2)c1. The van der Waals surface area contributed by atoms with Crippen LogP contribution < -0.4 is 16.0 Å². The summed E-state index contributed by atoms with van der Waals surface area (Å²) in [6.45, 7) is 2.65. The number of benzene rings is 1. The van der Waals surface area contributed by atoms with Crippen molar-refractivity contribution >= 4 is 17.6 Å². The fourth-order valence-corrected chi connectivity index (χ4v) is 3.10. The van der Waals surface area contributed by atoms with E-state index in [-0.39, 0.29) is 11.9 Å². The minimum absolute atomic E-state index is 0.102. The van der Waals surface area contributed by atoms with E-state index >= 15 is 0 Å². The van der Waals surface area contributed by atoms with E-state index in [2.05, 4.69) is 16.0 Å². The van der Waals surface area contributed by atoms with Crippen LogP contribution in [-0.2, 0) is 11.3 Å². The first-order valence-electron chi connectivity index (χ1n) is 8.52. The molecule has 1 saturated carbocycles. The Hall–Kier alpha value is -2.04. The lowest BCUT2D eigenvalue weighted by Crippen LogP contribution is -2.35. The number of carbonyl (C=O) groups excluding carboxylic acids is 2. The minimum Gasteiger partial charge on any atom is -0.338 e. The van der Waals surface area contributed by atoms with E-state index in [1.54, 1.807) is 0 Å². The molecule has 0 saturated heterocycles. The Morgan fingerprint density at radius 1 is 1.17 bits per heavy atom. The van der Waals surface area contributed by atoms with E-state index in [0.29, 0.717) is 6.54 Å². The van der Waals surface area contributed by atoms with Gasteiger partial charge in [-0.05, 0) is 36.5 Å². The zero-order chi connectivity index (χ0) is 16.5. The molecule has 1 aliphatic rings. The number of amides is 3. The average molecular weight is 317 g/mol. The second-order valence-corrected chi connectivity index (χ2v) is 6.28. The summed E-state index contributed by atoms with van der Waals surface area (Å²) in [5.74, 6) is 0.770. The van der Waals surface area contributed by atoms with Crippen molar-refractivity contribution in [2.45, 2.75) is 52.0 Å². The molecule has 2 rings (SSSR count). The van der Waals surface area contributed by atoms with Crippen molar-refractivity contribution in [3.63, 3.8) is 0 Å². The molecule has 0 aliphatic heterocycles. The van der Waals surface area contributed by atoms with Crippen LogP contribution in [0.2, 0.25) is 0 Å². The van der Waals surface area contributed by atoms with Gasteiger partial charge >= 0.3 is 6.03 Å². The van der Waals surface area contributed by atoms with Gasteiger partial charge in [0.15, 0.2) is 0 Å². The summed E-state index contributed by atoms with van der Waals surface area (Å²) in [5.41, 5.74) is 1.70. The topological polar surface area (TPSA) is 70.2 Å². The van der Waals surface area contributed by atoms with Crippen LogP contribution in [0, 0.1) is 5.92 Å². The standard InChI is InChI=1S/C18H27N3O2/c1-14(22)21-17-10-4-8-16(12-17)13-20-18(23)19-11-5-9-15-6-2-3-7-15/h4,8,10,12,15H,2-3,5-7,9,11,13H2,1H3,(H,21,22)(H2,19,20,23). The Kier molecular flexibility index (Phi) is 6.91. The summed E-state index contributed by atoms with van der Waals surface area (Å²) in [6.07, 6.45) is 7.73. The Balaban J connectivity index is 1.62. The van der Waals surface area contributed by atoms with Crippen LogP contribution in [0.15, 0.2) is 24.3 Å². The molecule has 1 aromatic carbocycles. The smallest absolute Gasteiger partial charge is 0.315 e. The van der Waals surface area contributed by atoms with Crippen LogP contribution in [0.3, 0.4) is 0 Å². The molecule has 5 heteroatoms. The van der Waals surface area contributed by atoms with Crippen molar-refractivity contribution in [1.82, 2.24) is 10.6 Å². The lowest BCUT2D eigenvalue weighted by atomic mass is 10.0. The molecule has 1 aliphatic carbocycles. The summed E-state index contributed by atoms with van der Waals surface area (Å²) in [6, 6.07) is 7.34. The highest BCUT2D eigenvalue weighted by molar-refractivity contribution is 5.88. The van der Waals surface area contributed by atoms with Gasteiger partial charge in [-0.1, -0.05) is 37.8 Å². The summed E-state index contributed by atoms with van der Waals surface area (Å²) in [4.78, 5) is 22.8. The van der Waals surface area contributed by atoms with Gasteiger partial charge in [-0.15, -0.1) is 0 Å². The number of nitrogens with one attached hydrogen (secondary N) is 3. The van der Waals surface area contributed by atoms with Crippen molar-refractivity contribution in [1.29, 1.82) is 0 Å². The quantitative estimate of drug-likeness (QED) is 0.674. The molecule has 0 heterocycles. The van der Waals surface area contributed by atoms with Gasteiger partial charge in [0.05, 0.1) is 0 Å². The Bertz CT molecular complexity index is 525. The summed E-state index contributed by atoms with van der Waals surface area (Å²) < 4.78 is 0. The molecule has 3 amide bonds. The molecule has 1 fully saturated rings. The fraction of sp³-hybridized carbons (Fsp3) is 0.556. The lowest BCUT2D eigenvalue weighted by molar-refractivity contribution is -0.114. The molecule has 3 N–H and O–H groups in total. The normalized spacial score (nSPS) is 14.5. The molecule has 126 valence electrons. The van der Waals surface area contributed by atoms with Crippen LogP contribution in [0.25, 0.3) is 0 Å². The predicted molar refractivity (Wildman–Crippen MR) is 92.2 cm³/mol. The number of hydrogen-bond donors (Lipinski definition) is 3. The Morgan fingerprint density at radius 2 is 1.96 bits per heavy atom. The van der Waals surface area contributed by atoms with Gasteiger partial charge in [0, 0.05) is 25.7 Å². The van der Waals surface area contributed by atoms with Crippen molar-refractivity contribution in [2.24, 2.45) is 5.92 Å². The van der Waals surface area contributed by atoms with Gasteiger partial charge in [0.2, 0.25) is 5.91 Å². The second kappa shape index (κ2) is 9.18. The van der Waals surface area contributed by atoms with Crippen molar-refractivity contribution < 1.29 is 9.59 Å². The van der Waals surface area contributed by atoms with Crippen LogP contribution in [0.4, 0.5) is 10.5 Å². The molecule has 0 aromatic heterocycles. The first-order chi connectivity index (χ1) is 11.1. The third-order valence-electron chi connectivity index (χ3n) is 4.25. The van der Waals surface area contributed by atoms with E-state index in [9.17, 15) is 9.59 Å². The van der Waals surface area contributed by atoms with E-state index in [1.807, 2.05) is 24.3 Å². The fourth-order valence-electron chi connectivity index (χ4n) is 3.10. The number of anilines is 1. The highest BCUT2D eigenvalue weighted by atomic mass is 16.2. The number of carbonyl (C=O) groups is 2. The maximum absolute atomic E-state index is 11.8. The monoisotopic (exact) mass is 317 g/mol. The van der Waals surface area contributed by atoms with Crippen molar-refractivity contribution in [2.75, 3.05) is 11.9 Å². The Labute approximate surface area is 138 Å². The van der Waals surface area contributed by atoms with Crippen LogP contribution in [-0.4, -0.2) is 18.5 Å². The molecule has 23 heavy (non-hydrogen) atoms. The minimum atomic E-state index is -0.138. The zero-order valence-electron chi connectivity index (χ0n) is 13.9. The van der Waals surface area contributed by atoms with E-state index < -0.39 is 0 Å². The number of rotatable bonds is 7. The summed E-state index contributed by atoms with van der Waals surface area (Å²) >= 11 is 0. The first kappa shape index (κ1) is 17.3. The van der Waals surface area contributed by atoms with Gasteiger partial charge in [0.1, 0.15) is 0 Å². The third-order valence-corrected chi connectivity index (χ3v) is 4.25. The average Bonchev–Trinajstić information content (AvgIpc) is 3.03. The molecule has 0 bridgehead atoms. The van der Waals surface area contributed by atoms with Gasteiger partial charge in [-0.25, -0.2) is 4.79 Å². The molecule has 0 radical (unpaired) electrons. The largest absolute Gasteiger partial charge is 0.338 e. The van der Waals surface area contributed by atoms with Crippen LogP contribution >= 0.6 is 0 Å². The van der Waals surface area contributed by atoms with Crippen LogP contribution in [0.1, 0.15) is 51.0 Å². The molecular formula is C18H27N3O2. The van der Waals surface area contributed by atoms with Gasteiger partial charge in [0.25, 0.3) is 0 Å². The van der Waals surface area contributed by atoms with E-state index in [1.165, 1.54) is 39.0 Å². The third kappa shape index (κ3) is 6.72. The van der Waals surface area contributed by atoms with Crippen molar-refractivity contribution in [3.05, 3.63) is 29.8 Å². The lowest BCUT2D eigenvalue weighted by Gasteiger charge is -2.11. The summed E-state index contributed by atoms with van der Waals surface area (Å²) in [5, 5.41) is 8.48. The first-order valence-corrected chi connectivity index (χ1v) is 8.52. The molecule has 0 spiro atoms. The van der Waals surface area contributed by atoms with E-state index in [4.69, 9.17) is 0 Å². The van der Waals surface area contributed by atoms with Gasteiger partial charge in [-0.2, -0.15) is 0 Å². The molecule has 5 nitrogen and oxygen atoms in total. The molecular weight excluding hydrogens is 290 g/mol. The van der Waals surface area contributed by atoms with Crippen molar-refractivity contribution in [3.8, 4) is 0 Å². The second-order valence-electron chi connectivity index (χ2n) is 6.28. The van der Waals surface area contributed by atoms with Crippen LogP contribution in [0.5, 0.6) is 0 Å². The Morgan fingerprint density at radius 3 is 2.70 bits per heavy atom. The summed E-state index contributed by atoms with van der Waals surface area (Å²) in [7, 11) is 0. The van der Waals surface area contributed by atoms with E-state index in [0.717, 1.165) is 30.1 Å². The predicted octanol–water partition coefficient (Wildman–Crippen LogP) is 3.41.